The van der Waals surface area contributed by atoms with Crippen LogP contribution in [0.5, 0.6) is 0 Å². The van der Waals surface area contributed by atoms with E-state index in [4.69, 9.17) is 5.11 Å². The Balaban J connectivity index is 3.22. The topological polar surface area (TPSA) is 55.1 Å². The first-order valence-corrected chi connectivity index (χ1v) is 3.27. The number of carboxylic acid groups (broad SMARTS) is 1. The molecule has 4 nitrogen and oxygen atoms in total. The van der Waals surface area contributed by atoms with E-state index in [1.165, 1.54) is 23.0 Å². The minimum atomic E-state index is -1.06. The number of carboxylic acids is 1. The first-order valence-electron chi connectivity index (χ1n) is 3.27. The van der Waals surface area contributed by atoms with E-state index in [9.17, 15) is 4.79 Å². The van der Waals surface area contributed by atoms with Gasteiger partial charge in [0.15, 0.2) is 5.69 Å². The van der Waals surface area contributed by atoms with E-state index in [1.54, 1.807) is 0 Å². The lowest BCUT2D eigenvalue weighted by molar-refractivity contribution is 0.0690. The van der Waals surface area contributed by atoms with Crippen LogP contribution in [0.25, 0.3) is 12.3 Å². The number of hydrogen-bond acceptors (Lipinski definition) is 2. The Morgan fingerprint density at radius 1 is 1.67 bits per heavy atom. The summed E-state index contributed by atoms with van der Waals surface area (Å²) in [6, 6.07) is 1.43. The van der Waals surface area contributed by atoms with Gasteiger partial charge < -0.3 is 5.11 Å². The maximum absolute atomic E-state index is 10.5. The van der Waals surface area contributed by atoms with Crippen LogP contribution in [0, 0.1) is 0 Å². The molecule has 12 heavy (non-hydrogen) atoms. The summed E-state index contributed by atoms with van der Waals surface area (Å²) >= 11 is 0. The lowest BCUT2D eigenvalue weighted by Gasteiger charge is -1.91. The summed E-state index contributed by atoms with van der Waals surface area (Å²) in [5.41, 5.74) is 0.604. The summed E-state index contributed by atoms with van der Waals surface area (Å²) in [7, 11) is 0. The van der Waals surface area contributed by atoms with Crippen molar-refractivity contribution in [3.05, 3.63) is 30.6 Å². The molecule has 0 atom stereocenters. The van der Waals surface area contributed by atoms with Gasteiger partial charge in [0.1, 0.15) is 0 Å². The number of aromatic carboxylic acids is 1. The van der Waals surface area contributed by atoms with Crippen molar-refractivity contribution in [2.24, 2.45) is 0 Å². The van der Waals surface area contributed by atoms with Crippen LogP contribution in [0.3, 0.4) is 0 Å². The molecule has 0 amide bonds. The molecule has 1 aromatic rings. The SMILES string of the molecule is C=Cc1cc(C(=O)O)nn1C=C. The Labute approximate surface area is 69.4 Å². The Morgan fingerprint density at radius 2 is 2.33 bits per heavy atom. The van der Waals surface area contributed by atoms with Gasteiger partial charge in [-0.15, -0.1) is 0 Å². The molecular weight excluding hydrogens is 156 g/mol. The first-order chi connectivity index (χ1) is 5.69. The van der Waals surface area contributed by atoms with Crippen LogP contribution in [-0.2, 0) is 0 Å². The molecule has 1 heterocycles. The maximum Gasteiger partial charge on any atom is 0.356 e. The average Bonchev–Trinajstić information content (AvgIpc) is 2.46. The Kier molecular flexibility index (Phi) is 2.09. The molecule has 0 saturated heterocycles. The zero-order chi connectivity index (χ0) is 9.14. The normalized spacial score (nSPS) is 9.33. The standard InChI is InChI=1S/C8H8N2O2/c1-3-6-5-7(8(11)12)9-10(6)4-2/h3-5H,1-2H2,(H,11,12). The van der Waals surface area contributed by atoms with E-state index in [0.29, 0.717) is 5.69 Å². The highest BCUT2D eigenvalue weighted by atomic mass is 16.4. The van der Waals surface area contributed by atoms with Crippen LogP contribution in [0.4, 0.5) is 0 Å². The Morgan fingerprint density at radius 3 is 2.67 bits per heavy atom. The highest BCUT2D eigenvalue weighted by Gasteiger charge is 2.08. The predicted octanol–water partition coefficient (Wildman–Crippen LogP) is 1.32. The van der Waals surface area contributed by atoms with E-state index in [0.717, 1.165) is 0 Å². The lowest BCUT2D eigenvalue weighted by Crippen LogP contribution is -1.98. The molecule has 0 aromatic carbocycles. The Bertz CT molecular complexity index is 313. The summed E-state index contributed by atoms with van der Waals surface area (Å²) in [4.78, 5) is 10.5. The van der Waals surface area contributed by atoms with Gasteiger partial charge in [0.05, 0.1) is 5.69 Å². The number of carbonyl (C=O) groups is 1. The molecule has 0 aliphatic heterocycles. The summed E-state index contributed by atoms with van der Waals surface area (Å²) in [6.07, 6.45) is 2.94. The number of aromatic nitrogens is 2. The van der Waals surface area contributed by atoms with Crippen molar-refractivity contribution in [2.75, 3.05) is 0 Å². The zero-order valence-corrected chi connectivity index (χ0v) is 6.40. The molecule has 0 spiro atoms. The van der Waals surface area contributed by atoms with Gasteiger partial charge in [-0.3, -0.25) is 0 Å². The van der Waals surface area contributed by atoms with Crippen molar-refractivity contribution < 1.29 is 9.90 Å². The average molecular weight is 164 g/mol. The quantitative estimate of drug-likeness (QED) is 0.733. The lowest BCUT2D eigenvalue weighted by atomic mass is 10.3. The smallest absolute Gasteiger partial charge is 0.356 e. The minimum Gasteiger partial charge on any atom is -0.476 e. The fourth-order valence-electron chi connectivity index (χ4n) is 0.812. The second-order valence-electron chi connectivity index (χ2n) is 2.09. The van der Waals surface area contributed by atoms with Crippen molar-refractivity contribution in [3.63, 3.8) is 0 Å². The fraction of sp³-hybridized carbons (Fsp3) is 0. The van der Waals surface area contributed by atoms with Gasteiger partial charge in [0.25, 0.3) is 0 Å². The van der Waals surface area contributed by atoms with Crippen LogP contribution in [0.15, 0.2) is 19.2 Å². The number of nitrogens with zero attached hydrogens (tertiary/aromatic N) is 2. The van der Waals surface area contributed by atoms with Crippen molar-refractivity contribution in [3.8, 4) is 0 Å². The molecule has 0 bridgehead atoms. The van der Waals surface area contributed by atoms with Gasteiger partial charge in [-0.25, -0.2) is 9.48 Å². The van der Waals surface area contributed by atoms with Crippen molar-refractivity contribution in [1.82, 2.24) is 9.78 Å². The second kappa shape index (κ2) is 3.04. The Hall–Kier alpha value is -1.84. The molecule has 0 saturated carbocycles. The van der Waals surface area contributed by atoms with Crippen LogP contribution in [-0.4, -0.2) is 20.9 Å². The van der Waals surface area contributed by atoms with Crippen molar-refractivity contribution in [2.45, 2.75) is 0 Å². The van der Waals surface area contributed by atoms with E-state index >= 15 is 0 Å². The predicted molar refractivity (Wildman–Crippen MR) is 45.7 cm³/mol. The summed E-state index contributed by atoms with van der Waals surface area (Å²) in [5.74, 6) is -1.06. The monoisotopic (exact) mass is 164 g/mol. The van der Waals surface area contributed by atoms with E-state index in [-0.39, 0.29) is 5.69 Å². The maximum atomic E-state index is 10.5. The molecule has 0 unspecified atom stereocenters. The highest BCUT2D eigenvalue weighted by molar-refractivity contribution is 5.86. The molecule has 4 heteroatoms. The third-order valence-corrected chi connectivity index (χ3v) is 1.37. The molecule has 62 valence electrons. The van der Waals surface area contributed by atoms with Crippen LogP contribution in [0.1, 0.15) is 16.2 Å². The third kappa shape index (κ3) is 1.27. The molecule has 0 fully saturated rings. The molecule has 1 rings (SSSR count). The first kappa shape index (κ1) is 8.26. The number of rotatable bonds is 3. The van der Waals surface area contributed by atoms with Crippen molar-refractivity contribution >= 4 is 18.2 Å². The second-order valence-corrected chi connectivity index (χ2v) is 2.09. The fourth-order valence-corrected chi connectivity index (χ4v) is 0.812. The summed E-state index contributed by atoms with van der Waals surface area (Å²) in [6.45, 7) is 6.98. The summed E-state index contributed by atoms with van der Waals surface area (Å²) < 4.78 is 1.36. The molecule has 1 N–H and O–H groups in total. The van der Waals surface area contributed by atoms with E-state index < -0.39 is 5.97 Å². The molecule has 0 aliphatic carbocycles. The van der Waals surface area contributed by atoms with E-state index in [1.807, 2.05) is 0 Å². The summed E-state index contributed by atoms with van der Waals surface area (Å²) in [5, 5.41) is 12.3. The van der Waals surface area contributed by atoms with Gasteiger partial charge in [0, 0.05) is 6.20 Å². The van der Waals surface area contributed by atoms with Gasteiger partial charge >= 0.3 is 5.97 Å². The molecule has 0 aliphatic rings. The van der Waals surface area contributed by atoms with Gasteiger partial charge in [-0.2, -0.15) is 5.10 Å². The van der Waals surface area contributed by atoms with Crippen LogP contribution in [0.2, 0.25) is 0 Å². The number of hydrogen-bond donors (Lipinski definition) is 1. The van der Waals surface area contributed by atoms with Gasteiger partial charge in [0.2, 0.25) is 0 Å². The van der Waals surface area contributed by atoms with Crippen LogP contribution >= 0.6 is 0 Å². The van der Waals surface area contributed by atoms with Gasteiger partial charge in [-0.05, 0) is 12.1 Å². The van der Waals surface area contributed by atoms with Crippen LogP contribution < -0.4 is 0 Å². The minimum absolute atomic E-state index is 0.00944. The zero-order valence-electron chi connectivity index (χ0n) is 6.40. The third-order valence-electron chi connectivity index (χ3n) is 1.37. The molecule has 1 aromatic heterocycles. The molecule has 0 radical (unpaired) electrons. The van der Waals surface area contributed by atoms with E-state index in [2.05, 4.69) is 18.3 Å². The van der Waals surface area contributed by atoms with Gasteiger partial charge in [-0.1, -0.05) is 13.2 Å². The largest absolute Gasteiger partial charge is 0.476 e. The highest BCUT2D eigenvalue weighted by Crippen LogP contribution is 2.05. The van der Waals surface area contributed by atoms with Crippen molar-refractivity contribution in [1.29, 1.82) is 0 Å². The molecular formula is C8H8N2O2.